The Morgan fingerprint density at radius 3 is 2.93 bits per heavy atom. The molecule has 1 aliphatic rings. The Morgan fingerprint density at radius 1 is 1.53 bits per heavy atom. The van der Waals surface area contributed by atoms with Crippen molar-refractivity contribution in [3.63, 3.8) is 0 Å². The summed E-state index contributed by atoms with van der Waals surface area (Å²) in [5, 5.41) is 12.9. The molecule has 2 rings (SSSR count). The van der Waals surface area contributed by atoms with E-state index in [1.54, 1.807) is 0 Å². The summed E-state index contributed by atoms with van der Waals surface area (Å²) in [4.78, 5) is 0. The van der Waals surface area contributed by atoms with E-state index in [9.17, 15) is 9.50 Å². The van der Waals surface area contributed by atoms with Gasteiger partial charge < -0.3 is 15.2 Å². The van der Waals surface area contributed by atoms with E-state index in [1.165, 1.54) is 13.2 Å². The van der Waals surface area contributed by atoms with Gasteiger partial charge in [-0.1, -0.05) is 0 Å². The van der Waals surface area contributed by atoms with Gasteiger partial charge in [0.2, 0.25) is 0 Å². The number of methoxy groups -OCH3 is 1. The quantitative estimate of drug-likeness (QED) is 0.785. The highest BCUT2D eigenvalue weighted by atomic mass is 19.1. The van der Waals surface area contributed by atoms with Crippen LogP contribution in [0.3, 0.4) is 0 Å². The predicted molar refractivity (Wildman–Crippen MR) is 54.6 cm³/mol. The number of nitrogens with one attached hydrogen (secondary N) is 1. The van der Waals surface area contributed by atoms with Crippen molar-refractivity contribution < 1.29 is 14.2 Å². The van der Waals surface area contributed by atoms with Crippen molar-refractivity contribution in [2.45, 2.75) is 18.9 Å². The number of aromatic hydroxyl groups is 1. The molecule has 3 nitrogen and oxygen atoms in total. The van der Waals surface area contributed by atoms with Gasteiger partial charge in [0, 0.05) is 18.2 Å². The lowest BCUT2D eigenvalue weighted by Crippen LogP contribution is -2.14. The Bertz CT molecular complexity index is 362. The van der Waals surface area contributed by atoms with E-state index < -0.39 is 5.82 Å². The minimum atomic E-state index is -0.480. The van der Waals surface area contributed by atoms with E-state index in [4.69, 9.17) is 4.74 Å². The van der Waals surface area contributed by atoms with Crippen molar-refractivity contribution in [3.8, 4) is 11.5 Å². The number of benzene rings is 1. The second kappa shape index (κ2) is 4.06. The van der Waals surface area contributed by atoms with E-state index in [0.717, 1.165) is 25.5 Å². The van der Waals surface area contributed by atoms with Gasteiger partial charge in [-0.05, 0) is 19.4 Å². The standard InChI is InChI=1S/C11H14FNO2/c1-15-10-6-7(12)5-9(14)11(10)8-3-2-4-13-8/h5-6,8,13-14H,2-4H2,1H3. The molecule has 1 unspecified atom stereocenters. The number of phenols is 1. The van der Waals surface area contributed by atoms with Crippen LogP contribution in [0.5, 0.6) is 11.5 Å². The first-order chi connectivity index (χ1) is 7.22. The van der Waals surface area contributed by atoms with Crippen LogP contribution in [0.1, 0.15) is 24.4 Å². The summed E-state index contributed by atoms with van der Waals surface area (Å²) >= 11 is 0. The smallest absolute Gasteiger partial charge is 0.130 e. The summed E-state index contributed by atoms with van der Waals surface area (Å²) in [6.45, 7) is 0.921. The van der Waals surface area contributed by atoms with Crippen molar-refractivity contribution in [2.75, 3.05) is 13.7 Å². The maximum Gasteiger partial charge on any atom is 0.130 e. The third-order valence-electron chi connectivity index (χ3n) is 2.71. The normalized spacial score (nSPS) is 20.5. The van der Waals surface area contributed by atoms with Gasteiger partial charge >= 0.3 is 0 Å². The maximum atomic E-state index is 13.0. The highest BCUT2D eigenvalue weighted by molar-refractivity contribution is 5.47. The highest BCUT2D eigenvalue weighted by Gasteiger charge is 2.23. The second-order valence-electron chi connectivity index (χ2n) is 3.69. The lowest BCUT2D eigenvalue weighted by Gasteiger charge is -2.16. The van der Waals surface area contributed by atoms with Gasteiger partial charge in [0.1, 0.15) is 17.3 Å². The molecule has 0 aliphatic carbocycles. The Morgan fingerprint density at radius 2 is 2.33 bits per heavy atom. The third-order valence-corrected chi connectivity index (χ3v) is 2.71. The molecule has 4 heteroatoms. The molecule has 15 heavy (non-hydrogen) atoms. The van der Waals surface area contributed by atoms with Crippen LogP contribution < -0.4 is 10.1 Å². The first kappa shape index (κ1) is 10.2. The number of hydrogen-bond donors (Lipinski definition) is 2. The Balaban J connectivity index is 2.43. The Hall–Kier alpha value is -1.29. The SMILES string of the molecule is COc1cc(F)cc(O)c1C1CCCN1. The van der Waals surface area contributed by atoms with E-state index in [1.807, 2.05) is 0 Å². The molecule has 1 aliphatic heterocycles. The van der Waals surface area contributed by atoms with Crippen molar-refractivity contribution in [2.24, 2.45) is 0 Å². The fourth-order valence-corrected chi connectivity index (χ4v) is 2.03. The van der Waals surface area contributed by atoms with Crippen molar-refractivity contribution in [1.82, 2.24) is 5.32 Å². The molecule has 1 saturated heterocycles. The van der Waals surface area contributed by atoms with Crippen LogP contribution >= 0.6 is 0 Å². The second-order valence-corrected chi connectivity index (χ2v) is 3.69. The lowest BCUT2D eigenvalue weighted by atomic mass is 10.0. The minimum absolute atomic E-state index is 0.0359. The van der Waals surface area contributed by atoms with E-state index >= 15 is 0 Å². The predicted octanol–water partition coefficient (Wildman–Crippen LogP) is 1.96. The minimum Gasteiger partial charge on any atom is -0.507 e. The van der Waals surface area contributed by atoms with Crippen molar-refractivity contribution in [3.05, 3.63) is 23.5 Å². The summed E-state index contributed by atoms with van der Waals surface area (Å²) in [5.41, 5.74) is 0.663. The molecule has 0 amide bonds. The van der Waals surface area contributed by atoms with Gasteiger partial charge in [-0.3, -0.25) is 0 Å². The Kier molecular flexibility index (Phi) is 2.77. The molecular formula is C11H14FNO2. The first-order valence-electron chi connectivity index (χ1n) is 5.02. The van der Waals surface area contributed by atoms with Crippen LogP contribution in [0.25, 0.3) is 0 Å². The zero-order valence-corrected chi connectivity index (χ0v) is 8.59. The van der Waals surface area contributed by atoms with Crippen LogP contribution in [0.4, 0.5) is 4.39 Å². The molecule has 0 radical (unpaired) electrons. The van der Waals surface area contributed by atoms with Crippen molar-refractivity contribution in [1.29, 1.82) is 0 Å². The molecule has 1 heterocycles. The monoisotopic (exact) mass is 211 g/mol. The maximum absolute atomic E-state index is 13.0. The third kappa shape index (κ3) is 1.90. The molecular weight excluding hydrogens is 197 g/mol. The number of rotatable bonds is 2. The largest absolute Gasteiger partial charge is 0.507 e. The zero-order valence-electron chi connectivity index (χ0n) is 8.59. The molecule has 82 valence electrons. The summed E-state index contributed by atoms with van der Waals surface area (Å²) in [5.74, 6) is -0.107. The van der Waals surface area contributed by atoms with Crippen LogP contribution in [-0.2, 0) is 0 Å². The molecule has 2 N–H and O–H groups in total. The Labute approximate surface area is 87.9 Å². The van der Waals surface area contributed by atoms with Gasteiger partial charge in [0.25, 0.3) is 0 Å². The van der Waals surface area contributed by atoms with Gasteiger partial charge in [-0.15, -0.1) is 0 Å². The first-order valence-corrected chi connectivity index (χ1v) is 5.02. The summed E-state index contributed by atoms with van der Waals surface area (Å²) in [7, 11) is 1.48. The van der Waals surface area contributed by atoms with Gasteiger partial charge in [-0.25, -0.2) is 4.39 Å². The topological polar surface area (TPSA) is 41.5 Å². The molecule has 1 aromatic rings. The van der Waals surface area contributed by atoms with Crippen LogP contribution in [0.2, 0.25) is 0 Å². The van der Waals surface area contributed by atoms with Gasteiger partial charge in [0.05, 0.1) is 12.7 Å². The van der Waals surface area contributed by atoms with Crippen molar-refractivity contribution >= 4 is 0 Å². The molecule has 0 saturated carbocycles. The van der Waals surface area contributed by atoms with Gasteiger partial charge in [-0.2, -0.15) is 0 Å². The highest BCUT2D eigenvalue weighted by Crippen LogP contribution is 2.37. The fourth-order valence-electron chi connectivity index (χ4n) is 2.03. The lowest BCUT2D eigenvalue weighted by molar-refractivity contribution is 0.384. The van der Waals surface area contributed by atoms with Gasteiger partial charge in [0.15, 0.2) is 0 Å². The van der Waals surface area contributed by atoms with E-state index in [0.29, 0.717) is 11.3 Å². The van der Waals surface area contributed by atoms with Crippen LogP contribution in [-0.4, -0.2) is 18.8 Å². The number of halogens is 1. The molecule has 0 bridgehead atoms. The van der Waals surface area contributed by atoms with Crippen LogP contribution in [0, 0.1) is 5.82 Å². The number of ether oxygens (including phenoxy) is 1. The molecule has 1 atom stereocenters. The number of hydrogen-bond acceptors (Lipinski definition) is 3. The molecule has 0 aromatic heterocycles. The summed E-state index contributed by atoms with van der Waals surface area (Å²) in [6, 6.07) is 2.49. The average Bonchev–Trinajstić information content (AvgIpc) is 2.69. The molecule has 1 fully saturated rings. The number of phenolic OH excluding ortho intramolecular Hbond substituents is 1. The van der Waals surface area contributed by atoms with E-state index in [-0.39, 0.29) is 11.8 Å². The fraction of sp³-hybridized carbons (Fsp3) is 0.455. The summed E-state index contributed by atoms with van der Waals surface area (Å²) < 4.78 is 18.1. The molecule has 0 spiro atoms. The van der Waals surface area contributed by atoms with E-state index in [2.05, 4.69) is 5.32 Å². The zero-order chi connectivity index (χ0) is 10.8. The van der Waals surface area contributed by atoms with Crippen LogP contribution in [0.15, 0.2) is 12.1 Å². The average molecular weight is 211 g/mol. The molecule has 1 aromatic carbocycles. The summed E-state index contributed by atoms with van der Waals surface area (Å²) in [6.07, 6.45) is 2.00.